The molecular weight excluding hydrogens is 200 g/mol. The molecule has 0 fully saturated rings. The zero-order valence-electron chi connectivity index (χ0n) is 8.16. The molecule has 1 rings (SSSR count). The van der Waals surface area contributed by atoms with E-state index in [4.69, 9.17) is 9.84 Å². The Labute approximate surface area is 87.3 Å². The van der Waals surface area contributed by atoms with Gasteiger partial charge in [0.25, 0.3) is 0 Å². The smallest absolute Gasteiger partial charge is 0.311 e. The Balaban J connectivity index is 2.46. The summed E-state index contributed by atoms with van der Waals surface area (Å²) in [5.41, 5.74) is 1.08. The van der Waals surface area contributed by atoms with E-state index < -0.39 is 0 Å². The number of hydrogen-bond donors (Lipinski definition) is 1. The second-order valence-corrected chi connectivity index (χ2v) is 3.87. The van der Waals surface area contributed by atoms with Crippen LogP contribution in [0.4, 0.5) is 0 Å². The van der Waals surface area contributed by atoms with Crippen molar-refractivity contribution in [2.45, 2.75) is 19.8 Å². The number of hydrogen-bond acceptors (Lipinski definition) is 4. The summed E-state index contributed by atoms with van der Waals surface area (Å²) >= 11 is 1.53. The molecule has 1 N–H and O–H groups in total. The Morgan fingerprint density at radius 1 is 1.64 bits per heavy atom. The molecule has 14 heavy (non-hydrogen) atoms. The van der Waals surface area contributed by atoms with Gasteiger partial charge in [-0.1, -0.05) is 0 Å². The third kappa shape index (κ3) is 3.47. The van der Waals surface area contributed by atoms with Gasteiger partial charge in [0, 0.05) is 11.5 Å². The van der Waals surface area contributed by atoms with Crippen molar-refractivity contribution in [3.05, 3.63) is 21.9 Å². The fourth-order valence-corrected chi connectivity index (χ4v) is 2.04. The summed E-state index contributed by atoms with van der Waals surface area (Å²) in [6.45, 7) is 2.37. The Kier molecular flexibility index (Phi) is 4.62. The Morgan fingerprint density at radius 3 is 3.07 bits per heavy atom. The summed E-state index contributed by atoms with van der Waals surface area (Å²) in [7, 11) is 0. The first-order valence-electron chi connectivity index (χ1n) is 4.59. The standard InChI is InChI=1S/C10H14O3S/c1-2-13-10(12)6-9-5-8(3-4-11)7-14-9/h5,7,11H,2-4,6H2,1H3. The number of aliphatic hydroxyl groups is 1. The maximum absolute atomic E-state index is 11.1. The van der Waals surface area contributed by atoms with E-state index in [1.165, 1.54) is 11.3 Å². The lowest BCUT2D eigenvalue weighted by molar-refractivity contribution is -0.142. The predicted octanol–water partition coefficient (Wildman–Crippen LogP) is 1.39. The summed E-state index contributed by atoms with van der Waals surface area (Å²) in [5, 5.41) is 10.7. The highest BCUT2D eigenvalue weighted by Crippen LogP contribution is 2.16. The van der Waals surface area contributed by atoms with E-state index in [1.807, 2.05) is 11.4 Å². The second kappa shape index (κ2) is 5.78. The molecule has 1 heterocycles. The lowest BCUT2D eigenvalue weighted by atomic mass is 10.2. The minimum Gasteiger partial charge on any atom is -0.466 e. The van der Waals surface area contributed by atoms with Gasteiger partial charge >= 0.3 is 5.97 Å². The molecule has 0 unspecified atom stereocenters. The first-order valence-corrected chi connectivity index (χ1v) is 5.47. The zero-order valence-corrected chi connectivity index (χ0v) is 8.97. The molecule has 0 saturated carbocycles. The normalized spacial score (nSPS) is 10.1. The Morgan fingerprint density at radius 2 is 2.43 bits per heavy atom. The van der Waals surface area contributed by atoms with Crippen LogP contribution in [-0.2, 0) is 22.4 Å². The van der Waals surface area contributed by atoms with Gasteiger partial charge in [-0.2, -0.15) is 0 Å². The molecule has 0 aromatic carbocycles. The van der Waals surface area contributed by atoms with E-state index in [-0.39, 0.29) is 12.6 Å². The quantitative estimate of drug-likeness (QED) is 0.753. The van der Waals surface area contributed by atoms with Gasteiger partial charge in [-0.3, -0.25) is 4.79 Å². The van der Waals surface area contributed by atoms with Crippen LogP contribution in [0, 0.1) is 0 Å². The van der Waals surface area contributed by atoms with Crippen LogP contribution in [0.1, 0.15) is 17.4 Å². The monoisotopic (exact) mass is 214 g/mol. The molecule has 78 valence electrons. The average Bonchev–Trinajstić information content (AvgIpc) is 2.53. The van der Waals surface area contributed by atoms with Crippen molar-refractivity contribution in [3.63, 3.8) is 0 Å². The molecule has 0 bridgehead atoms. The van der Waals surface area contributed by atoms with Crippen LogP contribution in [0.2, 0.25) is 0 Å². The highest BCUT2D eigenvalue weighted by molar-refractivity contribution is 7.10. The summed E-state index contributed by atoms with van der Waals surface area (Å²) in [6.07, 6.45) is 0.989. The zero-order chi connectivity index (χ0) is 10.4. The highest BCUT2D eigenvalue weighted by Gasteiger charge is 2.06. The molecule has 0 aliphatic heterocycles. The van der Waals surface area contributed by atoms with E-state index in [2.05, 4.69) is 0 Å². The molecule has 1 aromatic rings. The fraction of sp³-hybridized carbons (Fsp3) is 0.500. The maximum atomic E-state index is 11.1. The van der Waals surface area contributed by atoms with E-state index >= 15 is 0 Å². The minimum atomic E-state index is -0.190. The van der Waals surface area contributed by atoms with Crippen molar-refractivity contribution in [1.29, 1.82) is 0 Å². The first-order chi connectivity index (χ1) is 6.76. The van der Waals surface area contributed by atoms with Gasteiger partial charge in [-0.05, 0) is 30.4 Å². The van der Waals surface area contributed by atoms with E-state index in [1.54, 1.807) is 6.92 Å². The first kappa shape index (κ1) is 11.2. The molecule has 0 aliphatic carbocycles. The third-order valence-corrected chi connectivity index (χ3v) is 2.72. The Hall–Kier alpha value is -0.870. The van der Waals surface area contributed by atoms with Crippen LogP contribution in [0.15, 0.2) is 11.4 Å². The van der Waals surface area contributed by atoms with Gasteiger partial charge in [0.1, 0.15) is 0 Å². The number of carbonyl (C=O) groups excluding carboxylic acids is 1. The summed E-state index contributed by atoms with van der Waals surface area (Å²) in [6, 6.07) is 1.94. The lowest BCUT2D eigenvalue weighted by Crippen LogP contribution is -2.06. The van der Waals surface area contributed by atoms with E-state index in [0.717, 1.165) is 10.4 Å². The number of esters is 1. The van der Waals surface area contributed by atoms with Gasteiger partial charge in [-0.15, -0.1) is 11.3 Å². The second-order valence-electron chi connectivity index (χ2n) is 2.88. The van der Waals surface area contributed by atoms with Gasteiger partial charge in [0.05, 0.1) is 13.0 Å². The average molecular weight is 214 g/mol. The van der Waals surface area contributed by atoms with Gasteiger partial charge < -0.3 is 9.84 Å². The van der Waals surface area contributed by atoms with Crippen molar-refractivity contribution >= 4 is 17.3 Å². The van der Waals surface area contributed by atoms with Crippen LogP contribution in [-0.4, -0.2) is 24.3 Å². The number of ether oxygens (including phenoxy) is 1. The predicted molar refractivity (Wildman–Crippen MR) is 55.4 cm³/mol. The minimum absolute atomic E-state index is 0.148. The molecular formula is C10H14O3S. The van der Waals surface area contributed by atoms with Crippen molar-refractivity contribution in [2.24, 2.45) is 0 Å². The molecule has 0 aliphatic rings. The summed E-state index contributed by atoms with van der Waals surface area (Å²) in [4.78, 5) is 12.1. The largest absolute Gasteiger partial charge is 0.466 e. The lowest BCUT2D eigenvalue weighted by Gasteiger charge is -1.98. The van der Waals surface area contributed by atoms with E-state index in [0.29, 0.717) is 19.4 Å². The molecule has 4 heteroatoms. The van der Waals surface area contributed by atoms with Crippen LogP contribution < -0.4 is 0 Å². The molecule has 3 nitrogen and oxygen atoms in total. The highest BCUT2D eigenvalue weighted by atomic mass is 32.1. The maximum Gasteiger partial charge on any atom is 0.311 e. The van der Waals surface area contributed by atoms with Crippen molar-refractivity contribution in [1.82, 2.24) is 0 Å². The van der Waals surface area contributed by atoms with Crippen LogP contribution in [0.3, 0.4) is 0 Å². The molecule has 0 amide bonds. The summed E-state index contributed by atoms with van der Waals surface area (Å²) < 4.78 is 4.83. The number of aliphatic hydroxyl groups excluding tert-OH is 1. The van der Waals surface area contributed by atoms with Gasteiger partial charge in [0.2, 0.25) is 0 Å². The topological polar surface area (TPSA) is 46.5 Å². The van der Waals surface area contributed by atoms with Crippen LogP contribution in [0.5, 0.6) is 0 Å². The van der Waals surface area contributed by atoms with Gasteiger partial charge in [0.15, 0.2) is 0 Å². The molecule has 0 atom stereocenters. The third-order valence-electron chi connectivity index (χ3n) is 1.73. The summed E-state index contributed by atoms with van der Waals surface area (Å²) in [5.74, 6) is -0.190. The molecule has 0 radical (unpaired) electrons. The van der Waals surface area contributed by atoms with Gasteiger partial charge in [-0.25, -0.2) is 0 Å². The van der Waals surface area contributed by atoms with Crippen molar-refractivity contribution in [3.8, 4) is 0 Å². The van der Waals surface area contributed by atoms with E-state index in [9.17, 15) is 4.79 Å². The number of carbonyl (C=O) groups is 1. The SMILES string of the molecule is CCOC(=O)Cc1cc(CCO)cs1. The Bertz CT molecular complexity index is 293. The number of rotatable bonds is 5. The molecule has 0 spiro atoms. The van der Waals surface area contributed by atoms with Crippen molar-refractivity contribution in [2.75, 3.05) is 13.2 Å². The molecule has 0 saturated heterocycles. The van der Waals surface area contributed by atoms with Crippen LogP contribution >= 0.6 is 11.3 Å². The number of thiophene rings is 1. The molecule has 1 aromatic heterocycles. The van der Waals surface area contributed by atoms with Crippen LogP contribution in [0.25, 0.3) is 0 Å². The van der Waals surface area contributed by atoms with Crippen molar-refractivity contribution < 1.29 is 14.6 Å². The fourth-order valence-electron chi connectivity index (χ4n) is 1.13.